The largest absolute Gasteiger partial charge is 0.481 e. The van der Waals surface area contributed by atoms with Gasteiger partial charge in [0.25, 0.3) is 0 Å². The predicted molar refractivity (Wildman–Crippen MR) is 82.6 cm³/mol. The topological polar surface area (TPSA) is 86.7 Å². The van der Waals surface area contributed by atoms with Crippen LogP contribution in [0.2, 0.25) is 0 Å². The van der Waals surface area contributed by atoms with Gasteiger partial charge in [-0.3, -0.25) is 14.4 Å². The lowest BCUT2D eigenvalue weighted by atomic mass is 10.1. The summed E-state index contributed by atoms with van der Waals surface area (Å²) in [6.45, 7) is 1.69. The third kappa shape index (κ3) is 4.84. The molecule has 1 aliphatic rings. The van der Waals surface area contributed by atoms with Crippen molar-refractivity contribution in [3.63, 3.8) is 0 Å². The minimum absolute atomic E-state index is 0.00228. The van der Waals surface area contributed by atoms with E-state index in [1.165, 1.54) is 10.4 Å². The van der Waals surface area contributed by atoms with Crippen LogP contribution in [0.4, 0.5) is 0 Å². The van der Waals surface area contributed by atoms with Crippen LogP contribution in [-0.4, -0.2) is 40.9 Å². The Labute approximate surface area is 133 Å². The van der Waals surface area contributed by atoms with Crippen molar-refractivity contribution in [2.24, 2.45) is 0 Å². The van der Waals surface area contributed by atoms with E-state index in [1.807, 2.05) is 5.38 Å². The predicted octanol–water partition coefficient (Wildman–Crippen LogP) is 1.39. The van der Waals surface area contributed by atoms with E-state index < -0.39 is 5.97 Å². The number of carboxylic acid groups (broad SMARTS) is 1. The van der Waals surface area contributed by atoms with Gasteiger partial charge >= 0.3 is 5.97 Å². The van der Waals surface area contributed by atoms with Gasteiger partial charge in [0.2, 0.25) is 11.8 Å². The quantitative estimate of drug-likeness (QED) is 0.742. The Kier molecular flexibility index (Phi) is 5.94. The first kappa shape index (κ1) is 16.5. The monoisotopic (exact) mass is 324 g/mol. The zero-order chi connectivity index (χ0) is 15.9. The molecule has 0 saturated carbocycles. The fourth-order valence-electron chi connectivity index (χ4n) is 2.40. The van der Waals surface area contributed by atoms with Crippen LogP contribution < -0.4 is 5.32 Å². The molecule has 0 fully saturated rings. The SMILES string of the molecule is O=C(O)CCCNC(=O)CCC(=O)N1CCc2sccc2C1. The minimum atomic E-state index is -0.873. The molecule has 2 heterocycles. The summed E-state index contributed by atoms with van der Waals surface area (Å²) in [5.74, 6) is -1.08. The van der Waals surface area contributed by atoms with Gasteiger partial charge < -0.3 is 15.3 Å². The number of hydrogen-bond donors (Lipinski definition) is 2. The van der Waals surface area contributed by atoms with Crippen molar-refractivity contribution < 1.29 is 19.5 Å². The van der Waals surface area contributed by atoms with Crippen molar-refractivity contribution in [1.29, 1.82) is 0 Å². The zero-order valence-corrected chi connectivity index (χ0v) is 13.2. The lowest BCUT2D eigenvalue weighted by Crippen LogP contribution is -2.36. The van der Waals surface area contributed by atoms with Gasteiger partial charge in [0.1, 0.15) is 0 Å². The third-order valence-electron chi connectivity index (χ3n) is 3.62. The molecule has 2 amide bonds. The van der Waals surface area contributed by atoms with Crippen LogP contribution in [0, 0.1) is 0 Å². The van der Waals surface area contributed by atoms with Crippen molar-refractivity contribution in [1.82, 2.24) is 10.2 Å². The van der Waals surface area contributed by atoms with Crippen LogP contribution >= 0.6 is 11.3 Å². The first-order valence-corrected chi connectivity index (χ1v) is 8.25. The van der Waals surface area contributed by atoms with Crippen LogP contribution in [0.15, 0.2) is 11.4 Å². The molecule has 1 aliphatic heterocycles. The molecule has 0 bridgehead atoms. The molecule has 0 aliphatic carbocycles. The van der Waals surface area contributed by atoms with Crippen molar-refractivity contribution in [2.75, 3.05) is 13.1 Å². The number of hydrogen-bond acceptors (Lipinski definition) is 4. The zero-order valence-electron chi connectivity index (χ0n) is 12.3. The van der Waals surface area contributed by atoms with Gasteiger partial charge in [-0.25, -0.2) is 0 Å². The Morgan fingerprint density at radius 1 is 1.27 bits per heavy atom. The fourth-order valence-corrected chi connectivity index (χ4v) is 3.29. The van der Waals surface area contributed by atoms with Crippen LogP contribution in [0.5, 0.6) is 0 Å². The smallest absolute Gasteiger partial charge is 0.303 e. The maximum Gasteiger partial charge on any atom is 0.303 e. The highest BCUT2D eigenvalue weighted by molar-refractivity contribution is 7.10. The molecule has 0 atom stereocenters. The molecule has 7 heteroatoms. The normalized spacial score (nSPS) is 13.5. The van der Waals surface area contributed by atoms with Gasteiger partial charge in [-0.05, 0) is 29.9 Å². The number of thiophene rings is 1. The summed E-state index contributed by atoms with van der Waals surface area (Å²) in [5.41, 5.74) is 1.21. The minimum Gasteiger partial charge on any atom is -0.481 e. The van der Waals surface area contributed by atoms with Gasteiger partial charge in [-0.15, -0.1) is 11.3 Å². The molecule has 1 aromatic rings. The molecule has 120 valence electrons. The standard InChI is InChI=1S/C15H20N2O4S/c18-13(16-7-1-2-15(20)21)3-4-14(19)17-8-5-12-11(10-17)6-9-22-12/h6,9H,1-5,7-8,10H2,(H,16,18)(H,20,21). The van der Waals surface area contributed by atoms with Gasteiger partial charge in [-0.2, -0.15) is 0 Å². The van der Waals surface area contributed by atoms with Crippen LogP contribution in [0.25, 0.3) is 0 Å². The summed E-state index contributed by atoms with van der Waals surface area (Å²) in [6.07, 6.45) is 1.68. The van der Waals surface area contributed by atoms with Gasteiger partial charge in [0.15, 0.2) is 0 Å². The average molecular weight is 324 g/mol. The number of amides is 2. The molecule has 22 heavy (non-hydrogen) atoms. The molecule has 2 rings (SSSR count). The molecule has 0 aromatic carbocycles. The Morgan fingerprint density at radius 2 is 2.09 bits per heavy atom. The molecule has 2 N–H and O–H groups in total. The molecular formula is C15H20N2O4S. The molecule has 1 aromatic heterocycles. The number of rotatable bonds is 7. The van der Waals surface area contributed by atoms with E-state index in [0.717, 1.165) is 6.42 Å². The van der Waals surface area contributed by atoms with Crippen molar-refractivity contribution in [3.05, 3.63) is 21.9 Å². The second kappa shape index (κ2) is 7.93. The Hall–Kier alpha value is -1.89. The van der Waals surface area contributed by atoms with E-state index in [9.17, 15) is 14.4 Å². The van der Waals surface area contributed by atoms with Gasteiger partial charge in [0, 0.05) is 43.8 Å². The first-order valence-electron chi connectivity index (χ1n) is 7.38. The van der Waals surface area contributed by atoms with Gasteiger partial charge in [-0.1, -0.05) is 0 Å². The van der Waals surface area contributed by atoms with Crippen LogP contribution in [0.3, 0.4) is 0 Å². The number of carbonyl (C=O) groups excluding carboxylic acids is 2. The van der Waals surface area contributed by atoms with Crippen molar-refractivity contribution in [2.45, 2.75) is 38.6 Å². The van der Waals surface area contributed by atoms with Gasteiger partial charge in [0.05, 0.1) is 0 Å². The summed E-state index contributed by atoms with van der Waals surface area (Å²) < 4.78 is 0. The number of aliphatic carboxylic acids is 1. The summed E-state index contributed by atoms with van der Waals surface area (Å²) in [7, 11) is 0. The van der Waals surface area contributed by atoms with E-state index >= 15 is 0 Å². The van der Waals surface area contributed by atoms with E-state index in [1.54, 1.807) is 16.2 Å². The molecule has 0 radical (unpaired) electrons. The summed E-state index contributed by atoms with van der Waals surface area (Å²) in [5, 5.41) is 13.2. The molecule has 6 nitrogen and oxygen atoms in total. The van der Waals surface area contributed by atoms with E-state index in [2.05, 4.69) is 11.4 Å². The Bertz CT molecular complexity index is 555. The number of nitrogens with zero attached hydrogens (tertiary/aromatic N) is 1. The molecular weight excluding hydrogens is 304 g/mol. The highest BCUT2D eigenvalue weighted by Crippen LogP contribution is 2.24. The van der Waals surface area contributed by atoms with E-state index in [0.29, 0.717) is 26.1 Å². The lowest BCUT2D eigenvalue weighted by Gasteiger charge is -2.27. The molecule has 0 unspecified atom stereocenters. The highest BCUT2D eigenvalue weighted by atomic mass is 32.1. The van der Waals surface area contributed by atoms with Crippen LogP contribution in [-0.2, 0) is 27.3 Å². The highest BCUT2D eigenvalue weighted by Gasteiger charge is 2.21. The Morgan fingerprint density at radius 3 is 2.86 bits per heavy atom. The number of carbonyl (C=O) groups is 3. The van der Waals surface area contributed by atoms with E-state index in [-0.39, 0.29) is 31.1 Å². The summed E-state index contributed by atoms with van der Waals surface area (Å²) in [6, 6.07) is 2.05. The maximum absolute atomic E-state index is 12.1. The van der Waals surface area contributed by atoms with Crippen LogP contribution in [0.1, 0.15) is 36.1 Å². The summed E-state index contributed by atoms with van der Waals surface area (Å²) >= 11 is 1.73. The van der Waals surface area contributed by atoms with Crippen molar-refractivity contribution in [3.8, 4) is 0 Å². The average Bonchev–Trinajstić information content (AvgIpc) is 2.96. The fraction of sp³-hybridized carbons (Fsp3) is 0.533. The second-order valence-corrected chi connectivity index (χ2v) is 6.28. The maximum atomic E-state index is 12.1. The van der Waals surface area contributed by atoms with E-state index in [4.69, 9.17) is 5.11 Å². The first-order chi connectivity index (χ1) is 10.6. The third-order valence-corrected chi connectivity index (χ3v) is 4.64. The van der Waals surface area contributed by atoms with Crippen molar-refractivity contribution >= 4 is 29.1 Å². The molecule has 0 saturated heterocycles. The number of carboxylic acids is 1. The summed E-state index contributed by atoms with van der Waals surface area (Å²) in [4.78, 5) is 37.2. The number of nitrogens with one attached hydrogen (secondary N) is 1. The molecule has 0 spiro atoms. The number of fused-ring (bicyclic) bond motifs is 1. The Balaban J connectivity index is 1.65. The second-order valence-electron chi connectivity index (χ2n) is 5.28. The lowest BCUT2D eigenvalue weighted by molar-refractivity contribution is -0.137.